The van der Waals surface area contributed by atoms with E-state index in [1.807, 2.05) is 18.2 Å². The van der Waals surface area contributed by atoms with Crippen molar-refractivity contribution in [2.24, 2.45) is 0 Å². The topological polar surface area (TPSA) is 67.2 Å². The van der Waals surface area contributed by atoms with Crippen LogP contribution < -0.4 is 10.6 Å². The SMILES string of the molecule is O=C1CC(c2cc3ncccc3o2)NCCN1. The Morgan fingerprint density at radius 1 is 1.41 bits per heavy atom. The summed E-state index contributed by atoms with van der Waals surface area (Å²) in [5, 5.41) is 6.10. The molecule has 0 spiro atoms. The van der Waals surface area contributed by atoms with Gasteiger partial charge in [-0.25, -0.2) is 0 Å². The number of aromatic nitrogens is 1. The van der Waals surface area contributed by atoms with Gasteiger partial charge in [0.05, 0.1) is 6.04 Å². The van der Waals surface area contributed by atoms with E-state index in [2.05, 4.69) is 15.6 Å². The number of hydrogen-bond acceptors (Lipinski definition) is 4. The Morgan fingerprint density at radius 2 is 2.35 bits per heavy atom. The van der Waals surface area contributed by atoms with Gasteiger partial charge < -0.3 is 15.1 Å². The lowest BCUT2D eigenvalue weighted by Gasteiger charge is -2.10. The number of pyridine rings is 1. The lowest BCUT2D eigenvalue weighted by molar-refractivity contribution is -0.121. The van der Waals surface area contributed by atoms with Gasteiger partial charge in [0.2, 0.25) is 5.91 Å². The third-order valence-electron chi connectivity index (χ3n) is 2.88. The average molecular weight is 231 g/mol. The molecular weight excluding hydrogens is 218 g/mol. The number of nitrogens with one attached hydrogen (secondary N) is 2. The van der Waals surface area contributed by atoms with Crippen LogP contribution in [0, 0.1) is 0 Å². The number of carbonyl (C=O) groups excluding carboxylic acids is 1. The van der Waals surface area contributed by atoms with E-state index in [1.54, 1.807) is 6.20 Å². The predicted octanol–water partition coefficient (Wildman–Crippen LogP) is 0.978. The normalized spacial score (nSPS) is 21.2. The number of hydrogen-bond donors (Lipinski definition) is 2. The molecule has 0 saturated carbocycles. The first-order valence-electron chi connectivity index (χ1n) is 5.67. The highest BCUT2D eigenvalue weighted by atomic mass is 16.3. The van der Waals surface area contributed by atoms with Crippen molar-refractivity contribution < 1.29 is 9.21 Å². The van der Waals surface area contributed by atoms with Gasteiger partial charge in [0.25, 0.3) is 0 Å². The van der Waals surface area contributed by atoms with Gasteiger partial charge in [-0.05, 0) is 12.1 Å². The maximum absolute atomic E-state index is 11.5. The van der Waals surface area contributed by atoms with Crippen LogP contribution >= 0.6 is 0 Å². The molecule has 5 nitrogen and oxygen atoms in total. The minimum atomic E-state index is -0.0632. The first-order valence-corrected chi connectivity index (χ1v) is 5.67. The summed E-state index contributed by atoms with van der Waals surface area (Å²) in [7, 11) is 0. The lowest BCUT2D eigenvalue weighted by atomic mass is 10.1. The second kappa shape index (κ2) is 4.18. The molecule has 2 aromatic rings. The highest BCUT2D eigenvalue weighted by Gasteiger charge is 2.21. The highest BCUT2D eigenvalue weighted by molar-refractivity contribution is 5.78. The Kier molecular flexibility index (Phi) is 2.53. The molecule has 1 amide bonds. The molecule has 2 N–H and O–H groups in total. The zero-order valence-electron chi connectivity index (χ0n) is 9.27. The van der Waals surface area contributed by atoms with Gasteiger partial charge in [-0.1, -0.05) is 0 Å². The first-order chi connectivity index (χ1) is 8.33. The van der Waals surface area contributed by atoms with Gasteiger partial charge in [-0.15, -0.1) is 0 Å². The van der Waals surface area contributed by atoms with E-state index in [1.165, 1.54) is 0 Å². The van der Waals surface area contributed by atoms with Crippen LogP contribution in [-0.4, -0.2) is 24.0 Å². The largest absolute Gasteiger partial charge is 0.458 e. The number of nitrogens with zero attached hydrogens (tertiary/aromatic N) is 1. The van der Waals surface area contributed by atoms with Crippen molar-refractivity contribution in [3.63, 3.8) is 0 Å². The van der Waals surface area contributed by atoms with Gasteiger partial charge in [-0.3, -0.25) is 9.78 Å². The summed E-state index contributed by atoms with van der Waals surface area (Å²) in [4.78, 5) is 15.7. The van der Waals surface area contributed by atoms with Crippen molar-refractivity contribution in [1.29, 1.82) is 0 Å². The van der Waals surface area contributed by atoms with Crippen LogP contribution in [0.1, 0.15) is 18.2 Å². The molecule has 88 valence electrons. The molecule has 1 aliphatic heterocycles. The van der Waals surface area contributed by atoms with E-state index in [0.29, 0.717) is 13.0 Å². The summed E-state index contributed by atoms with van der Waals surface area (Å²) < 4.78 is 5.71. The monoisotopic (exact) mass is 231 g/mol. The zero-order valence-corrected chi connectivity index (χ0v) is 9.27. The van der Waals surface area contributed by atoms with Crippen LogP contribution in [-0.2, 0) is 4.79 Å². The van der Waals surface area contributed by atoms with Crippen LogP contribution in [0.3, 0.4) is 0 Å². The summed E-state index contributed by atoms with van der Waals surface area (Å²) >= 11 is 0. The van der Waals surface area contributed by atoms with E-state index >= 15 is 0 Å². The van der Waals surface area contributed by atoms with Crippen LogP contribution in [0.25, 0.3) is 11.1 Å². The Labute approximate surface area is 98.2 Å². The van der Waals surface area contributed by atoms with Gasteiger partial charge in [0.15, 0.2) is 5.58 Å². The second-order valence-electron chi connectivity index (χ2n) is 4.10. The molecule has 3 rings (SSSR count). The molecule has 0 radical (unpaired) electrons. The van der Waals surface area contributed by atoms with Crippen LogP contribution in [0.2, 0.25) is 0 Å². The number of rotatable bonds is 1. The Hall–Kier alpha value is -1.88. The second-order valence-corrected chi connectivity index (χ2v) is 4.10. The third-order valence-corrected chi connectivity index (χ3v) is 2.88. The van der Waals surface area contributed by atoms with Crippen LogP contribution in [0.4, 0.5) is 0 Å². The molecule has 3 heterocycles. The van der Waals surface area contributed by atoms with E-state index < -0.39 is 0 Å². The first kappa shape index (κ1) is 10.3. The van der Waals surface area contributed by atoms with Crippen LogP contribution in [0.5, 0.6) is 0 Å². The van der Waals surface area contributed by atoms with Crippen LogP contribution in [0.15, 0.2) is 28.8 Å². The van der Waals surface area contributed by atoms with Gasteiger partial charge in [-0.2, -0.15) is 0 Å². The predicted molar refractivity (Wildman–Crippen MR) is 62.4 cm³/mol. The van der Waals surface area contributed by atoms with E-state index in [-0.39, 0.29) is 11.9 Å². The van der Waals surface area contributed by atoms with Crippen molar-refractivity contribution in [2.75, 3.05) is 13.1 Å². The Bertz CT molecular complexity index is 516. The minimum absolute atomic E-state index is 0.0495. The number of amides is 1. The number of furan rings is 1. The lowest BCUT2D eigenvalue weighted by Crippen LogP contribution is -2.24. The molecule has 1 saturated heterocycles. The molecule has 0 aliphatic carbocycles. The quantitative estimate of drug-likeness (QED) is 0.767. The Morgan fingerprint density at radius 3 is 3.24 bits per heavy atom. The van der Waals surface area contributed by atoms with Crippen molar-refractivity contribution in [1.82, 2.24) is 15.6 Å². The Balaban J connectivity index is 1.94. The maximum atomic E-state index is 11.5. The molecule has 1 atom stereocenters. The molecular formula is C12H13N3O2. The summed E-state index contributed by atoms with van der Waals surface area (Å²) in [5.41, 5.74) is 1.59. The molecule has 2 aromatic heterocycles. The molecule has 0 aromatic carbocycles. The fourth-order valence-electron chi connectivity index (χ4n) is 2.04. The zero-order chi connectivity index (χ0) is 11.7. The third kappa shape index (κ3) is 2.01. The fourth-order valence-corrected chi connectivity index (χ4v) is 2.04. The smallest absolute Gasteiger partial charge is 0.222 e. The van der Waals surface area contributed by atoms with Gasteiger partial charge in [0.1, 0.15) is 11.3 Å². The maximum Gasteiger partial charge on any atom is 0.222 e. The van der Waals surface area contributed by atoms with Crippen molar-refractivity contribution >= 4 is 17.0 Å². The van der Waals surface area contributed by atoms with Crippen molar-refractivity contribution in [2.45, 2.75) is 12.5 Å². The van der Waals surface area contributed by atoms with E-state index in [9.17, 15) is 4.79 Å². The summed E-state index contributed by atoms with van der Waals surface area (Å²) in [6, 6.07) is 5.54. The number of fused-ring (bicyclic) bond motifs is 1. The minimum Gasteiger partial charge on any atom is -0.458 e. The number of carbonyl (C=O) groups is 1. The molecule has 0 bridgehead atoms. The summed E-state index contributed by atoms with van der Waals surface area (Å²) in [6.45, 7) is 1.41. The summed E-state index contributed by atoms with van der Waals surface area (Å²) in [6.07, 6.45) is 2.13. The average Bonchev–Trinajstić information content (AvgIpc) is 2.65. The molecule has 1 unspecified atom stereocenters. The highest BCUT2D eigenvalue weighted by Crippen LogP contribution is 2.24. The fraction of sp³-hybridized carbons (Fsp3) is 0.333. The van der Waals surface area contributed by atoms with Gasteiger partial charge in [0, 0.05) is 31.8 Å². The molecule has 1 aliphatic rings. The van der Waals surface area contributed by atoms with Gasteiger partial charge >= 0.3 is 0 Å². The van der Waals surface area contributed by atoms with E-state index in [4.69, 9.17) is 4.42 Å². The van der Waals surface area contributed by atoms with Crippen molar-refractivity contribution in [3.05, 3.63) is 30.2 Å². The molecule has 1 fully saturated rings. The molecule has 17 heavy (non-hydrogen) atoms. The standard InChI is InChI=1S/C12H13N3O2/c16-12-7-9(14-4-5-15-12)11-6-8-10(17-11)2-1-3-13-8/h1-3,6,9,14H,4-5,7H2,(H,15,16). The van der Waals surface area contributed by atoms with E-state index in [0.717, 1.165) is 23.4 Å². The summed E-state index contributed by atoms with van der Waals surface area (Å²) in [5.74, 6) is 0.823. The molecule has 5 heteroatoms. The van der Waals surface area contributed by atoms with Crippen molar-refractivity contribution in [3.8, 4) is 0 Å².